The molecule has 0 spiro atoms. The van der Waals surface area contributed by atoms with E-state index in [1.165, 1.54) is 17.6 Å². The van der Waals surface area contributed by atoms with Gasteiger partial charge in [-0.3, -0.25) is 25.1 Å². The smallest absolute Gasteiger partial charge is 0.310 e. The van der Waals surface area contributed by atoms with Crippen molar-refractivity contribution in [2.45, 2.75) is 19.8 Å². The van der Waals surface area contributed by atoms with Crippen LogP contribution in [0.25, 0.3) is 0 Å². The van der Waals surface area contributed by atoms with E-state index in [1.54, 1.807) is 13.2 Å². The number of hydroxylamine groups is 1. The summed E-state index contributed by atoms with van der Waals surface area (Å²) < 4.78 is 10.2. The van der Waals surface area contributed by atoms with Gasteiger partial charge in [-0.15, -0.1) is 0 Å². The Kier molecular flexibility index (Phi) is 9.68. The first-order valence-electron chi connectivity index (χ1n) is 9.95. The molecule has 0 fully saturated rings. The Morgan fingerprint density at radius 2 is 1.91 bits per heavy atom. The molecule has 1 aromatic heterocycles. The number of anilines is 1. The van der Waals surface area contributed by atoms with Crippen molar-refractivity contribution in [1.82, 2.24) is 5.48 Å². The fourth-order valence-electron chi connectivity index (χ4n) is 2.73. The minimum Gasteiger partial charge on any atom is -0.497 e. The summed E-state index contributed by atoms with van der Waals surface area (Å²) in [6.07, 6.45) is 7.10. The van der Waals surface area contributed by atoms with Crippen molar-refractivity contribution >= 4 is 23.4 Å². The summed E-state index contributed by atoms with van der Waals surface area (Å²) in [6.45, 7) is 5.61. The Morgan fingerprint density at radius 3 is 2.56 bits per heavy atom. The zero-order chi connectivity index (χ0) is 23.3. The highest BCUT2D eigenvalue weighted by Gasteiger charge is 2.12. The van der Waals surface area contributed by atoms with Gasteiger partial charge in [-0.1, -0.05) is 54.6 Å². The van der Waals surface area contributed by atoms with Gasteiger partial charge in [0.1, 0.15) is 12.3 Å². The molecule has 0 atom stereocenters. The van der Waals surface area contributed by atoms with Crippen LogP contribution in [0.2, 0.25) is 0 Å². The fraction of sp³-hybridized carbons (Fsp3) is 0.208. The Morgan fingerprint density at radius 1 is 1.16 bits per heavy atom. The summed E-state index contributed by atoms with van der Waals surface area (Å²) in [5.74, 6) is -0.677. The van der Waals surface area contributed by atoms with Gasteiger partial charge in [-0.05, 0) is 37.5 Å². The highest BCUT2D eigenvalue weighted by molar-refractivity contribution is 6.02. The fourth-order valence-corrected chi connectivity index (χ4v) is 2.73. The Bertz CT molecular complexity index is 1020. The Labute approximate surface area is 187 Å². The molecule has 1 heterocycles. The lowest BCUT2D eigenvalue weighted by Gasteiger charge is -2.09. The average Bonchev–Trinajstić information content (AvgIpc) is 3.29. The molecule has 8 nitrogen and oxygen atoms in total. The van der Waals surface area contributed by atoms with Crippen LogP contribution in [0.1, 0.15) is 35.9 Å². The number of ether oxygens (including phenoxy) is 1. The van der Waals surface area contributed by atoms with E-state index >= 15 is 0 Å². The van der Waals surface area contributed by atoms with E-state index in [1.807, 2.05) is 49.4 Å². The molecule has 8 heteroatoms. The molecule has 32 heavy (non-hydrogen) atoms. The number of allylic oxidation sites excluding steroid dienone is 4. The third-order valence-corrected chi connectivity index (χ3v) is 4.48. The second-order valence-corrected chi connectivity index (χ2v) is 6.65. The molecular weight excluding hydrogens is 410 g/mol. The van der Waals surface area contributed by atoms with Gasteiger partial charge in [0.2, 0.25) is 5.91 Å². The van der Waals surface area contributed by atoms with Crippen molar-refractivity contribution in [1.29, 1.82) is 0 Å². The van der Waals surface area contributed by atoms with Crippen molar-refractivity contribution < 1.29 is 24.0 Å². The number of carbonyl (C=O) groups excluding carboxylic acids is 2. The maximum atomic E-state index is 12.3. The van der Waals surface area contributed by atoms with Gasteiger partial charge in [-0.2, -0.15) is 0 Å². The van der Waals surface area contributed by atoms with Gasteiger partial charge in [0.25, 0.3) is 0 Å². The molecule has 0 unspecified atom stereocenters. The normalized spacial score (nSPS) is 12.0. The molecule has 0 saturated carbocycles. The van der Waals surface area contributed by atoms with Crippen molar-refractivity contribution in [3.8, 4) is 0 Å². The third kappa shape index (κ3) is 7.73. The summed E-state index contributed by atoms with van der Waals surface area (Å²) in [4.78, 5) is 28.2. The topological polar surface area (TPSA) is 113 Å². The van der Waals surface area contributed by atoms with Crippen molar-refractivity contribution in [2.75, 3.05) is 19.0 Å². The number of hydrogen-bond donors (Lipinski definition) is 3. The number of benzene rings is 1. The van der Waals surface area contributed by atoms with Crippen LogP contribution >= 0.6 is 0 Å². The van der Waals surface area contributed by atoms with Crippen molar-refractivity contribution in [3.05, 3.63) is 89.9 Å². The first kappa shape index (κ1) is 24.4. The van der Waals surface area contributed by atoms with E-state index in [-0.39, 0.29) is 18.2 Å². The number of rotatable bonds is 11. The van der Waals surface area contributed by atoms with Gasteiger partial charge in [-0.25, -0.2) is 5.48 Å². The minimum atomic E-state index is -0.808. The molecular formula is C24H27N3O5. The monoisotopic (exact) mass is 437 g/mol. The van der Waals surface area contributed by atoms with Gasteiger partial charge in [0.05, 0.1) is 7.11 Å². The van der Waals surface area contributed by atoms with Gasteiger partial charge < -0.3 is 9.15 Å². The van der Waals surface area contributed by atoms with E-state index in [9.17, 15) is 9.59 Å². The number of methoxy groups -OCH3 is 1. The van der Waals surface area contributed by atoms with Crippen molar-refractivity contribution in [2.24, 2.45) is 4.99 Å². The molecule has 2 rings (SSSR count). The number of aliphatic imine (C=N–C) groups is 1. The summed E-state index contributed by atoms with van der Waals surface area (Å²) >= 11 is 0. The van der Waals surface area contributed by atoms with Gasteiger partial charge in [0, 0.05) is 11.8 Å². The first-order chi connectivity index (χ1) is 15.5. The zero-order valence-corrected chi connectivity index (χ0v) is 18.1. The lowest BCUT2D eigenvalue weighted by molar-refractivity contribution is -0.115. The number of amides is 2. The van der Waals surface area contributed by atoms with E-state index in [2.05, 4.69) is 16.9 Å². The highest BCUT2D eigenvalue weighted by Crippen LogP contribution is 2.15. The summed E-state index contributed by atoms with van der Waals surface area (Å²) in [5, 5.41) is 11.2. The minimum absolute atomic E-state index is 0.0878. The predicted octanol–water partition coefficient (Wildman–Crippen LogP) is 4.27. The SMILES string of the molecule is C=C(C=CC(=CC)CCC(=NCC(=O)Nc1ccc(C(=O)NO)o1)c1ccccc1)OC. The molecule has 1 aromatic carbocycles. The van der Waals surface area contributed by atoms with Gasteiger partial charge in [0.15, 0.2) is 11.6 Å². The average molecular weight is 437 g/mol. The van der Waals surface area contributed by atoms with Gasteiger partial charge >= 0.3 is 5.91 Å². The molecule has 0 aliphatic carbocycles. The van der Waals surface area contributed by atoms with E-state index in [4.69, 9.17) is 14.4 Å². The maximum absolute atomic E-state index is 12.3. The maximum Gasteiger partial charge on any atom is 0.310 e. The molecule has 0 saturated heterocycles. The molecule has 0 aliphatic rings. The van der Waals surface area contributed by atoms with Crippen LogP contribution in [-0.2, 0) is 9.53 Å². The van der Waals surface area contributed by atoms with Crippen molar-refractivity contribution in [3.63, 3.8) is 0 Å². The molecule has 0 aliphatic heterocycles. The highest BCUT2D eigenvalue weighted by atomic mass is 16.5. The van der Waals surface area contributed by atoms with Crippen LogP contribution in [0.5, 0.6) is 0 Å². The number of carbonyl (C=O) groups is 2. The predicted molar refractivity (Wildman–Crippen MR) is 123 cm³/mol. The van der Waals surface area contributed by atoms with Crippen LogP contribution in [0, 0.1) is 0 Å². The van der Waals surface area contributed by atoms with Crippen LogP contribution in [0.15, 0.2) is 88.0 Å². The zero-order valence-electron chi connectivity index (χ0n) is 18.1. The van der Waals surface area contributed by atoms with E-state index in [0.29, 0.717) is 12.2 Å². The lowest BCUT2D eigenvalue weighted by atomic mass is 10.0. The molecule has 0 bridgehead atoms. The number of nitrogens with zero attached hydrogens (tertiary/aromatic N) is 1. The number of hydrogen-bond acceptors (Lipinski definition) is 6. The third-order valence-electron chi connectivity index (χ3n) is 4.48. The molecule has 3 N–H and O–H groups in total. The summed E-state index contributed by atoms with van der Waals surface area (Å²) in [5.41, 5.74) is 4.27. The molecule has 0 radical (unpaired) electrons. The second kappa shape index (κ2) is 12.7. The van der Waals surface area contributed by atoms with Crippen LogP contribution in [-0.4, -0.2) is 36.4 Å². The standard InChI is InChI=1S/C24H27N3O5/c1-4-18(11-10-17(2)31-3)12-13-20(19-8-6-5-7-9-19)25-16-22(28)26-23-15-14-21(32-23)24(29)27-30/h4-11,14-15,30H,2,12-13,16H2,1,3H3,(H,26,28)(H,27,29). The largest absolute Gasteiger partial charge is 0.497 e. The summed E-state index contributed by atoms with van der Waals surface area (Å²) in [6, 6.07) is 12.4. The van der Waals surface area contributed by atoms with Crippen LogP contribution in [0.3, 0.4) is 0 Å². The molecule has 2 aromatic rings. The second-order valence-electron chi connectivity index (χ2n) is 6.65. The van der Waals surface area contributed by atoms with E-state index < -0.39 is 11.8 Å². The lowest BCUT2D eigenvalue weighted by Crippen LogP contribution is -2.18. The number of furan rings is 1. The Balaban J connectivity index is 2.07. The van der Waals surface area contributed by atoms with Crippen LogP contribution in [0.4, 0.5) is 5.88 Å². The van der Waals surface area contributed by atoms with E-state index in [0.717, 1.165) is 23.3 Å². The number of nitrogens with one attached hydrogen (secondary N) is 2. The first-order valence-corrected chi connectivity index (χ1v) is 9.95. The molecule has 2 amide bonds. The Hall–Kier alpha value is -3.91. The quantitative estimate of drug-likeness (QED) is 0.160. The summed E-state index contributed by atoms with van der Waals surface area (Å²) in [7, 11) is 1.57. The van der Waals surface area contributed by atoms with Crippen LogP contribution < -0.4 is 10.8 Å². The molecule has 168 valence electrons.